The van der Waals surface area contributed by atoms with Gasteiger partial charge in [0.15, 0.2) is 5.16 Å². The van der Waals surface area contributed by atoms with Crippen LogP contribution in [0.25, 0.3) is 0 Å². The Bertz CT molecular complexity index is 356. The Labute approximate surface area is 102 Å². The van der Waals surface area contributed by atoms with Gasteiger partial charge in [-0.25, -0.2) is 18.7 Å². The maximum absolute atomic E-state index is 12.8. The number of aliphatic hydroxyl groups excluding tert-OH is 1. The zero-order valence-corrected chi connectivity index (χ0v) is 10.3. The van der Waals surface area contributed by atoms with Crippen LogP contribution in [0.4, 0.5) is 20.4 Å². The Balaban J connectivity index is 2.76. The number of thioether (sulfide) groups is 1. The summed E-state index contributed by atoms with van der Waals surface area (Å²) in [5, 5.41) is 14.2. The van der Waals surface area contributed by atoms with Gasteiger partial charge in [-0.1, -0.05) is 11.8 Å². The molecule has 0 saturated carbocycles. The van der Waals surface area contributed by atoms with Crippen molar-refractivity contribution in [2.45, 2.75) is 11.1 Å². The van der Waals surface area contributed by atoms with Crippen molar-refractivity contribution >= 4 is 23.4 Å². The summed E-state index contributed by atoms with van der Waals surface area (Å²) in [5.41, 5.74) is 0. The number of aliphatic hydroxyl groups is 1. The predicted molar refractivity (Wildman–Crippen MR) is 63.9 cm³/mol. The number of nitrogens with one attached hydrogen (secondary N) is 2. The molecule has 3 N–H and O–H groups in total. The highest BCUT2D eigenvalue weighted by molar-refractivity contribution is 7.98. The highest BCUT2D eigenvalue weighted by Crippen LogP contribution is 2.18. The van der Waals surface area contributed by atoms with Crippen molar-refractivity contribution in [3.05, 3.63) is 6.07 Å². The van der Waals surface area contributed by atoms with Gasteiger partial charge >= 0.3 is 0 Å². The van der Waals surface area contributed by atoms with E-state index in [-0.39, 0.29) is 0 Å². The van der Waals surface area contributed by atoms with Crippen molar-refractivity contribution in [2.75, 3.05) is 37.1 Å². The van der Waals surface area contributed by atoms with Crippen LogP contribution >= 0.6 is 11.8 Å². The molecule has 5 nitrogen and oxygen atoms in total. The molecular weight excluding hydrogens is 250 g/mol. The van der Waals surface area contributed by atoms with E-state index in [2.05, 4.69) is 20.6 Å². The molecule has 0 amide bonds. The average Bonchev–Trinajstić information content (AvgIpc) is 2.36. The Morgan fingerprint density at radius 1 is 1.41 bits per heavy atom. The molecule has 0 spiro atoms. The second-order valence-corrected chi connectivity index (χ2v) is 4.02. The van der Waals surface area contributed by atoms with E-state index in [1.165, 1.54) is 17.8 Å². The van der Waals surface area contributed by atoms with Gasteiger partial charge in [-0.3, -0.25) is 0 Å². The molecule has 96 valence electrons. The van der Waals surface area contributed by atoms with Crippen LogP contribution in [0.15, 0.2) is 11.2 Å². The predicted octanol–water partition coefficient (Wildman–Crippen LogP) is 1.28. The van der Waals surface area contributed by atoms with Gasteiger partial charge in [-0.05, 0) is 6.26 Å². The molecular formula is C9H14F2N4OS. The fraction of sp³-hybridized carbons (Fsp3) is 0.556. The quantitative estimate of drug-likeness (QED) is 0.531. The minimum Gasteiger partial charge on any atom is -0.390 e. The van der Waals surface area contributed by atoms with E-state index >= 15 is 0 Å². The number of hydrogen-bond acceptors (Lipinski definition) is 6. The van der Waals surface area contributed by atoms with Crippen molar-refractivity contribution in [3.8, 4) is 0 Å². The molecule has 1 aromatic rings. The summed E-state index contributed by atoms with van der Waals surface area (Å²) >= 11 is 1.31. The van der Waals surface area contributed by atoms with Crippen molar-refractivity contribution < 1.29 is 13.9 Å². The van der Waals surface area contributed by atoms with Gasteiger partial charge in [-0.15, -0.1) is 0 Å². The number of rotatable bonds is 6. The summed E-state index contributed by atoms with van der Waals surface area (Å²) in [6, 6.07) is 1.52. The van der Waals surface area contributed by atoms with Gasteiger partial charge in [0.2, 0.25) is 0 Å². The second kappa shape index (κ2) is 5.97. The van der Waals surface area contributed by atoms with E-state index < -0.39 is 19.1 Å². The number of alkyl halides is 2. The zero-order valence-electron chi connectivity index (χ0n) is 9.50. The van der Waals surface area contributed by atoms with Gasteiger partial charge < -0.3 is 15.7 Å². The highest BCUT2D eigenvalue weighted by atomic mass is 32.2. The topological polar surface area (TPSA) is 70.1 Å². The fourth-order valence-electron chi connectivity index (χ4n) is 1.01. The number of anilines is 2. The van der Waals surface area contributed by atoms with Crippen molar-refractivity contribution in [2.24, 2.45) is 0 Å². The molecule has 1 heterocycles. The third kappa shape index (κ3) is 4.31. The fourth-order valence-corrected chi connectivity index (χ4v) is 1.39. The Morgan fingerprint density at radius 2 is 2.06 bits per heavy atom. The molecule has 1 aromatic heterocycles. The van der Waals surface area contributed by atoms with Gasteiger partial charge in [0.05, 0.1) is 6.54 Å². The standard InChI is InChI=1S/C9H14F2N4OS/c1-12-6-3-7(15-8(14-6)17-2)13-4-9(10,11)5-16/h3,16H,4-5H2,1-2H3,(H2,12,13,14,15). The molecule has 0 aliphatic heterocycles. The van der Waals surface area contributed by atoms with E-state index in [9.17, 15) is 8.78 Å². The van der Waals surface area contributed by atoms with Crippen LogP contribution in [0.3, 0.4) is 0 Å². The minimum absolute atomic E-state index is 0.293. The summed E-state index contributed by atoms with van der Waals surface area (Å²) in [6.07, 6.45) is 1.79. The maximum atomic E-state index is 12.8. The number of hydrogen-bond donors (Lipinski definition) is 3. The maximum Gasteiger partial charge on any atom is 0.287 e. The molecule has 0 radical (unpaired) electrons. The monoisotopic (exact) mass is 264 g/mol. The lowest BCUT2D eigenvalue weighted by atomic mass is 10.3. The lowest BCUT2D eigenvalue weighted by molar-refractivity contribution is -0.0373. The Hall–Kier alpha value is -1.15. The summed E-state index contributed by atoms with van der Waals surface area (Å²) < 4.78 is 25.7. The summed E-state index contributed by atoms with van der Waals surface area (Å²) in [6.45, 7) is -1.86. The summed E-state index contributed by atoms with van der Waals surface area (Å²) in [4.78, 5) is 8.12. The van der Waals surface area contributed by atoms with Crippen molar-refractivity contribution in [3.63, 3.8) is 0 Å². The summed E-state index contributed by atoms with van der Waals surface area (Å²) in [5.74, 6) is -2.33. The van der Waals surface area contributed by atoms with E-state index in [1.54, 1.807) is 13.3 Å². The molecule has 17 heavy (non-hydrogen) atoms. The first kappa shape index (κ1) is 13.9. The second-order valence-electron chi connectivity index (χ2n) is 3.24. The number of aromatic nitrogens is 2. The first-order chi connectivity index (χ1) is 8.00. The van der Waals surface area contributed by atoms with Crippen LogP contribution in [-0.4, -0.2) is 47.5 Å². The lowest BCUT2D eigenvalue weighted by Crippen LogP contribution is -2.31. The molecule has 0 aliphatic rings. The van der Waals surface area contributed by atoms with Gasteiger partial charge in [0.1, 0.15) is 18.2 Å². The van der Waals surface area contributed by atoms with Gasteiger partial charge in [0, 0.05) is 13.1 Å². The average molecular weight is 264 g/mol. The molecule has 0 fully saturated rings. The first-order valence-corrected chi connectivity index (χ1v) is 6.06. The molecule has 0 unspecified atom stereocenters. The van der Waals surface area contributed by atoms with Crippen LogP contribution in [0.1, 0.15) is 0 Å². The lowest BCUT2D eigenvalue weighted by Gasteiger charge is -2.15. The molecule has 1 rings (SSSR count). The molecule has 0 bridgehead atoms. The van der Waals surface area contributed by atoms with Crippen LogP contribution in [0.5, 0.6) is 0 Å². The molecule has 0 atom stereocenters. The van der Waals surface area contributed by atoms with Crippen LogP contribution in [0, 0.1) is 0 Å². The van der Waals surface area contributed by atoms with E-state index in [0.717, 1.165) is 0 Å². The highest BCUT2D eigenvalue weighted by Gasteiger charge is 2.27. The minimum atomic E-state index is -3.16. The van der Waals surface area contributed by atoms with E-state index in [0.29, 0.717) is 16.8 Å². The summed E-state index contributed by atoms with van der Waals surface area (Å²) in [7, 11) is 1.68. The van der Waals surface area contributed by atoms with Crippen LogP contribution in [0.2, 0.25) is 0 Å². The normalized spacial score (nSPS) is 11.4. The number of halogens is 2. The van der Waals surface area contributed by atoms with E-state index in [1.807, 2.05) is 0 Å². The van der Waals surface area contributed by atoms with Crippen LogP contribution in [-0.2, 0) is 0 Å². The third-order valence-corrected chi connectivity index (χ3v) is 2.45. The molecule has 0 aliphatic carbocycles. The largest absolute Gasteiger partial charge is 0.390 e. The van der Waals surface area contributed by atoms with Crippen molar-refractivity contribution in [1.82, 2.24) is 9.97 Å². The molecule has 0 saturated heterocycles. The van der Waals surface area contributed by atoms with E-state index in [4.69, 9.17) is 5.11 Å². The molecule has 0 aromatic carbocycles. The van der Waals surface area contributed by atoms with Gasteiger partial charge in [0.25, 0.3) is 5.92 Å². The Kier molecular flexibility index (Phi) is 4.88. The smallest absolute Gasteiger partial charge is 0.287 e. The first-order valence-electron chi connectivity index (χ1n) is 4.84. The number of nitrogens with zero attached hydrogens (tertiary/aromatic N) is 2. The Morgan fingerprint density at radius 3 is 2.59 bits per heavy atom. The van der Waals surface area contributed by atoms with Crippen LogP contribution < -0.4 is 10.6 Å². The zero-order chi connectivity index (χ0) is 12.9. The SMILES string of the molecule is CNc1cc(NCC(F)(F)CO)nc(SC)n1. The van der Waals surface area contributed by atoms with Crippen molar-refractivity contribution in [1.29, 1.82) is 0 Å². The van der Waals surface area contributed by atoms with Gasteiger partial charge in [-0.2, -0.15) is 0 Å². The third-order valence-electron chi connectivity index (χ3n) is 1.90. The molecule has 8 heteroatoms.